The van der Waals surface area contributed by atoms with Gasteiger partial charge in [0, 0.05) is 12.4 Å². The lowest BCUT2D eigenvalue weighted by Gasteiger charge is -2.07. The van der Waals surface area contributed by atoms with Crippen molar-refractivity contribution in [3.8, 4) is 0 Å². The van der Waals surface area contributed by atoms with Gasteiger partial charge in [-0.15, -0.1) is 0 Å². The van der Waals surface area contributed by atoms with Gasteiger partial charge in [-0.05, 0) is 19.1 Å². The molecule has 0 saturated carbocycles. The average molecular weight is 299 g/mol. The van der Waals surface area contributed by atoms with Crippen LogP contribution in [0.2, 0.25) is 0 Å². The van der Waals surface area contributed by atoms with Crippen LogP contribution >= 0.6 is 0 Å². The van der Waals surface area contributed by atoms with E-state index in [1.54, 1.807) is 11.5 Å². The van der Waals surface area contributed by atoms with Gasteiger partial charge in [0.05, 0.1) is 30.7 Å². The molecule has 0 unspecified atom stereocenters. The maximum absolute atomic E-state index is 12.4. The fourth-order valence-corrected chi connectivity index (χ4v) is 1.63. The van der Waals surface area contributed by atoms with Gasteiger partial charge in [-0.3, -0.25) is 4.98 Å². The number of hydrogen-bond acceptors (Lipinski definition) is 4. The molecule has 0 amide bonds. The van der Waals surface area contributed by atoms with Crippen LogP contribution in [0.15, 0.2) is 30.9 Å². The van der Waals surface area contributed by atoms with Crippen LogP contribution in [-0.2, 0) is 17.5 Å². The van der Waals surface area contributed by atoms with Crippen molar-refractivity contribution < 1.29 is 22.7 Å². The number of ether oxygens (including phenoxy) is 1. The summed E-state index contributed by atoms with van der Waals surface area (Å²) in [5, 5.41) is 0. The predicted molar refractivity (Wildman–Crippen MR) is 66.5 cm³/mol. The fraction of sp³-hybridized carbons (Fsp3) is 0.308. The van der Waals surface area contributed by atoms with Crippen LogP contribution in [0.3, 0.4) is 0 Å². The zero-order chi connectivity index (χ0) is 15.5. The molecular formula is C13H12F3N3O2. The fourth-order valence-electron chi connectivity index (χ4n) is 1.63. The minimum atomic E-state index is -4.41. The Morgan fingerprint density at radius 3 is 2.67 bits per heavy atom. The first-order valence-electron chi connectivity index (χ1n) is 6.11. The molecule has 8 heteroatoms. The normalized spacial score (nSPS) is 11.4. The zero-order valence-corrected chi connectivity index (χ0v) is 11.1. The van der Waals surface area contributed by atoms with Crippen LogP contribution in [0.4, 0.5) is 13.2 Å². The monoisotopic (exact) mass is 299 g/mol. The number of alkyl halides is 3. The molecule has 0 saturated heterocycles. The van der Waals surface area contributed by atoms with Gasteiger partial charge in [0.25, 0.3) is 0 Å². The van der Waals surface area contributed by atoms with Crippen molar-refractivity contribution in [3.05, 3.63) is 47.8 Å². The second-order valence-corrected chi connectivity index (χ2v) is 4.19. The van der Waals surface area contributed by atoms with E-state index >= 15 is 0 Å². The topological polar surface area (TPSA) is 57.0 Å². The Kier molecular flexibility index (Phi) is 4.25. The molecule has 0 atom stereocenters. The molecular weight excluding hydrogens is 287 g/mol. The molecule has 0 aliphatic carbocycles. The molecule has 0 aliphatic rings. The first-order valence-corrected chi connectivity index (χ1v) is 6.11. The summed E-state index contributed by atoms with van der Waals surface area (Å²) in [6.07, 6.45) is -0.779. The van der Waals surface area contributed by atoms with Crippen molar-refractivity contribution in [1.29, 1.82) is 0 Å². The summed E-state index contributed by atoms with van der Waals surface area (Å²) in [6, 6.07) is 2.25. The number of esters is 1. The van der Waals surface area contributed by atoms with Gasteiger partial charge in [0.1, 0.15) is 0 Å². The quantitative estimate of drug-likeness (QED) is 0.814. The Morgan fingerprint density at radius 1 is 1.33 bits per heavy atom. The molecule has 0 radical (unpaired) electrons. The van der Waals surface area contributed by atoms with E-state index in [0.717, 1.165) is 12.3 Å². The summed E-state index contributed by atoms with van der Waals surface area (Å²) in [5.41, 5.74) is -0.233. The summed E-state index contributed by atoms with van der Waals surface area (Å²) in [6.45, 7) is 2.14. The smallest absolute Gasteiger partial charge is 0.417 e. The third kappa shape index (κ3) is 3.80. The highest BCUT2D eigenvalue weighted by Gasteiger charge is 2.30. The minimum absolute atomic E-state index is 0.142. The van der Waals surface area contributed by atoms with Gasteiger partial charge < -0.3 is 9.30 Å². The highest BCUT2D eigenvalue weighted by molar-refractivity contribution is 5.86. The summed E-state index contributed by atoms with van der Waals surface area (Å²) in [7, 11) is 0. The second-order valence-electron chi connectivity index (χ2n) is 4.19. The highest BCUT2D eigenvalue weighted by Crippen LogP contribution is 2.28. The summed E-state index contributed by atoms with van der Waals surface area (Å²) in [4.78, 5) is 19.0. The molecule has 0 aromatic carbocycles. The van der Waals surface area contributed by atoms with Gasteiger partial charge >= 0.3 is 12.1 Å². The van der Waals surface area contributed by atoms with Gasteiger partial charge in [-0.2, -0.15) is 13.2 Å². The third-order valence-electron chi connectivity index (χ3n) is 2.61. The van der Waals surface area contributed by atoms with Crippen molar-refractivity contribution in [2.24, 2.45) is 0 Å². The SMILES string of the molecule is CCOC(=O)c1cn(Cc2ccc(C(F)(F)F)cn2)cn1. The van der Waals surface area contributed by atoms with E-state index in [4.69, 9.17) is 4.74 Å². The van der Waals surface area contributed by atoms with E-state index in [2.05, 4.69) is 9.97 Å². The Balaban J connectivity index is 2.07. The lowest BCUT2D eigenvalue weighted by Crippen LogP contribution is -2.07. The molecule has 0 spiro atoms. The summed E-state index contributed by atoms with van der Waals surface area (Å²) < 4.78 is 43.5. The maximum Gasteiger partial charge on any atom is 0.417 e. The van der Waals surface area contributed by atoms with E-state index in [-0.39, 0.29) is 18.8 Å². The predicted octanol–water partition coefficient (Wildman–Crippen LogP) is 2.52. The minimum Gasteiger partial charge on any atom is -0.461 e. The number of imidazole rings is 1. The number of carbonyl (C=O) groups is 1. The number of nitrogens with zero attached hydrogens (tertiary/aromatic N) is 3. The average Bonchev–Trinajstić information content (AvgIpc) is 2.87. The molecule has 2 aromatic heterocycles. The number of halogens is 3. The molecule has 2 rings (SSSR count). The first-order chi connectivity index (χ1) is 9.90. The Morgan fingerprint density at radius 2 is 2.10 bits per heavy atom. The van der Waals surface area contributed by atoms with Crippen LogP contribution in [0, 0.1) is 0 Å². The van der Waals surface area contributed by atoms with Crippen molar-refractivity contribution in [2.75, 3.05) is 6.61 Å². The molecule has 5 nitrogen and oxygen atoms in total. The molecule has 21 heavy (non-hydrogen) atoms. The summed E-state index contributed by atoms with van der Waals surface area (Å²) >= 11 is 0. The molecule has 0 N–H and O–H groups in total. The molecule has 0 fully saturated rings. The van der Waals surface area contributed by atoms with Gasteiger partial charge in [0.2, 0.25) is 0 Å². The largest absolute Gasteiger partial charge is 0.461 e. The van der Waals surface area contributed by atoms with Crippen LogP contribution in [0.25, 0.3) is 0 Å². The van der Waals surface area contributed by atoms with E-state index in [0.29, 0.717) is 5.69 Å². The number of pyridine rings is 1. The summed E-state index contributed by atoms with van der Waals surface area (Å²) in [5.74, 6) is -0.545. The van der Waals surface area contributed by atoms with Gasteiger partial charge in [0.15, 0.2) is 5.69 Å². The molecule has 2 heterocycles. The second kappa shape index (κ2) is 5.94. The van der Waals surface area contributed by atoms with Gasteiger partial charge in [-0.1, -0.05) is 0 Å². The van der Waals surface area contributed by atoms with Crippen molar-refractivity contribution in [3.63, 3.8) is 0 Å². The molecule has 112 valence electrons. The number of hydrogen-bond donors (Lipinski definition) is 0. The molecule has 2 aromatic rings. The number of rotatable bonds is 4. The zero-order valence-electron chi connectivity index (χ0n) is 11.1. The standard InChI is InChI=1S/C13H12F3N3O2/c1-2-21-12(20)11-7-19(8-18-11)6-10-4-3-9(5-17-10)13(14,15)16/h3-5,7-8H,2,6H2,1H3. The van der Waals surface area contributed by atoms with Crippen LogP contribution in [-0.4, -0.2) is 27.1 Å². The number of aromatic nitrogens is 3. The van der Waals surface area contributed by atoms with E-state index < -0.39 is 17.7 Å². The van der Waals surface area contributed by atoms with Crippen molar-refractivity contribution >= 4 is 5.97 Å². The van der Waals surface area contributed by atoms with E-state index in [1.165, 1.54) is 18.6 Å². The number of carbonyl (C=O) groups excluding carboxylic acids is 1. The third-order valence-corrected chi connectivity index (χ3v) is 2.61. The van der Waals surface area contributed by atoms with Crippen LogP contribution in [0.1, 0.15) is 28.7 Å². The lowest BCUT2D eigenvalue weighted by molar-refractivity contribution is -0.137. The van der Waals surface area contributed by atoms with Crippen LogP contribution in [0.5, 0.6) is 0 Å². The van der Waals surface area contributed by atoms with E-state index in [9.17, 15) is 18.0 Å². The van der Waals surface area contributed by atoms with Gasteiger partial charge in [-0.25, -0.2) is 9.78 Å². The lowest BCUT2D eigenvalue weighted by atomic mass is 10.2. The molecule has 0 bridgehead atoms. The maximum atomic E-state index is 12.4. The Labute approximate surface area is 118 Å². The van der Waals surface area contributed by atoms with Crippen molar-refractivity contribution in [2.45, 2.75) is 19.6 Å². The van der Waals surface area contributed by atoms with E-state index in [1.807, 2.05) is 0 Å². The first kappa shape index (κ1) is 15.0. The molecule has 0 aliphatic heterocycles. The van der Waals surface area contributed by atoms with Crippen LogP contribution < -0.4 is 0 Å². The Bertz CT molecular complexity index is 620. The highest BCUT2D eigenvalue weighted by atomic mass is 19.4. The van der Waals surface area contributed by atoms with Crippen molar-refractivity contribution in [1.82, 2.24) is 14.5 Å². The Hall–Kier alpha value is -2.38.